The normalized spacial score (nSPS) is 14.8. The molecule has 2 heterocycles. The van der Waals surface area contributed by atoms with Crippen LogP contribution in [0.1, 0.15) is 0 Å². The number of hydrogen-bond acceptors (Lipinski definition) is 3. The summed E-state index contributed by atoms with van der Waals surface area (Å²) in [5, 5.41) is 4.62. The van der Waals surface area contributed by atoms with E-state index in [0.29, 0.717) is 0 Å². The van der Waals surface area contributed by atoms with Crippen LogP contribution in [0.3, 0.4) is 0 Å². The van der Waals surface area contributed by atoms with E-state index in [1.54, 1.807) is 0 Å². The SMILES string of the molecule is c1ccc2cc3c4c5c(cc3cc2c1)OB(O5)O4. The summed E-state index contributed by atoms with van der Waals surface area (Å²) in [6, 6.07) is 14.6. The van der Waals surface area contributed by atoms with Crippen molar-refractivity contribution in [3.05, 3.63) is 42.5 Å². The molecule has 5 rings (SSSR count). The maximum absolute atomic E-state index is 5.60. The molecule has 0 fully saturated rings. The van der Waals surface area contributed by atoms with Crippen molar-refractivity contribution in [1.82, 2.24) is 0 Å². The lowest BCUT2D eigenvalue weighted by atomic mass is 10.0. The summed E-state index contributed by atoms with van der Waals surface area (Å²) in [5.41, 5.74) is 0. The first-order valence-corrected chi connectivity index (χ1v) is 5.88. The Morgan fingerprint density at radius 1 is 0.722 bits per heavy atom. The average Bonchev–Trinajstić information content (AvgIpc) is 2.97. The highest BCUT2D eigenvalue weighted by Crippen LogP contribution is 2.52. The van der Waals surface area contributed by atoms with Gasteiger partial charge in [-0.05, 0) is 34.4 Å². The van der Waals surface area contributed by atoms with Crippen molar-refractivity contribution in [3.63, 3.8) is 0 Å². The van der Waals surface area contributed by atoms with Crippen molar-refractivity contribution in [1.29, 1.82) is 0 Å². The Kier molecular flexibility index (Phi) is 1.32. The molecule has 3 nitrogen and oxygen atoms in total. The topological polar surface area (TPSA) is 27.7 Å². The molecule has 0 saturated carbocycles. The van der Waals surface area contributed by atoms with Crippen molar-refractivity contribution in [2.75, 3.05) is 0 Å². The predicted molar refractivity (Wildman–Crippen MR) is 69.1 cm³/mol. The van der Waals surface area contributed by atoms with Crippen LogP contribution in [0, 0.1) is 0 Å². The van der Waals surface area contributed by atoms with Crippen LogP contribution in [-0.2, 0) is 0 Å². The quantitative estimate of drug-likeness (QED) is 0.441. The van der Waals surface area contributed by atoms with Crippen LogP contribution in [0.15, 0.2) is 42.5 Å². The van der Waals surface area contributed by atoms with E-state index < -0.39 is 7.32 Å². The largest absolute Gasteiger partial charge is 0.864 e. The first-order valence-electron chi connectivity index (χ1n) is 5.88. The van der Waals surface area contributed by atoms with Gasteiger partial charge in [0.05, 0.1) is 0 Å². The van der Waals surface area contributed by atoms with Gasteiger partial charge >= 0.3 is 7.32 Å². The molecule has 0 saturated heterocycles. The molecule has 2 aliphatic heterocycles. The van der Waals surface area contributed by atoms with Gasteiger partial charge < -0.3 is 14.0 Å². The van der Waals surface area contributed by atoms with Gasteiger partial charge in [0.25, 0.3) is 0 Å². The smallest absolute Gasteiger partial charge is 0.486 e. The Hall–Kier alpha value is -2.36. The predicted octanol–water partition coefficient (Wildman–Crippen LogP) is 3.14. The average molecular weight is 234 g/mol. The standard InChI is InChI=1S/C14H7BO3/c1-2-4-9-6-11-10(5-8(9)3-1)7-12-14-13(11)17-15(16-12)18-14/h1-7H. The Morgan fingerprint density at radius 2 is 1.50 bits per heavy atom. The second-order valence-corrected chi connectivity index (χ2v) is 4.60. The molecule has 3 aromatic rings. The third-order valence-corrected chi connectivity index (χ3v) is 3.53. The fourth-order valence-corrected chi connectivity index (χ4v) is 2.70. The Labute approximate surface area is 103 Å². The summed E-state index contributed by atoms with van der Waals surface area (Å²) in [7, 11) is -0.583. The van der Waals surface area contributed by atoms with Gasteiger partial charge in [0.1, 0.15) is 0 Å². The maximum atomic E-state index is 5.60. The van der Waals surface area contributed by atoms with E-state index in [9.17, 15) is 0 Å². The molecule has 18 heavy (non-hydrogen) atoms. The van der Waals surface area contributed by atoms with Crippen molar-refractivity contribution in [2.45, 2.75) is 0 Å². The lowest BCUT2D eigenvalue weighted by Gasteiger charge is -2.12. The van der Waals surface area contributed by atoms with E-state index in [0.717, 1.165) is 28.0 Å². The molecule has 3 aromatic carbocycles. The Morgan fingerprint density at radius 3 is 2.33 bits per heavy atom. The summed E-state index contributed by atoms with van der Waals surface area (Å²) < 4.78 is 16.5. The second-order valence-electron chi connectivity index (χ2n) is 4.60. The van der Waals surface area contributed by atoms with Crippen LogP contribution >= 0.6 is 0 Å². The summed E-state index contributed by atoms with van der Waals surface area (Å²) >= 11 is 0. The lowest BCUT2D eigenvalue weighted by Crippen LogP contribution is -2.29. The van der Waals surface area contributed by atoms with E-state index in [1.165, 1.54) is 10.8 Å². The molecule has 2 aliphatic rings. The highest BCUT2D eigenvalue weighted by molar-refractivity contribution is 6.44. The number of rotatable bonds is 0. The monoisotopic (exact) mass is 234 g/mol. The van der Waals surface area contributed by atoms with Gasteiger partial charge in [-0.1, -0.05) is 24.3 Å². The Bertz CT molecular complexity index is 826. The van der Waals surface area contributed by atoms with E-state index in [4.69, 9.17) is 14.0 Å². The summed E-state index contributed by atoms with van der Waals surface area (Å²) in [6.07, 6.45) is 0. The fraction of sp³-hybridized carbons (Fsp3) is 0. The first kappa shape index (κ1) is 8.69. The van der Waals surface area contributed by atoms with E-state index in [2.05, 4.69) is 24.3 Å². The summed E-state index contributed by atoms with van der Waals surface area (Å²) in [6.45, 7) is 0. The molecule has 0 N–H and O–H groups in total. The van der Waals surface area contributed by atoms with E-state index in [-0.39, 0.29) is 0 Å². The van der Waals surface area contributed by atoms with Gasteiger partial charge in [-0.15, -0.1) is 0 Å². The van der Waals surface area contributed by atoms with Crippen molar-refractivity contribution >= 4 is 28.9 Å². The second kappa shape index (κ2) is 2.72. The summed E-state index contributed by atoms with van der Waals surface area (Å²) in [5.74, 6) is 2.33. The highest BCUT2D eigenvalue weighted by Gasteiger charge is 2.47. The van der Waals surface area contributed by atoms with Crippen LogP contribution in [0.2, 0.25) is 0 Å². The van der Waals surface area contributed by atoms with Gasteiger partial charge in [-0.25, -0.2) is 0 Å². The number of fused-ring (bicyclic) bond motifs is 4. The molecule has 0 aliphatic carbocycles. The van der Waals surface area contributed by atoms with Crippen LogP contribution in [0.4, 0.5) is 0 Å². The van der Waals surface area contributed by atoms with Gasteiger partial charge in [-0.2, -0.15) is 0 Å². The zero-order chi connectivity index (χ0) is 11.7. The molecule has 4 heteroatoms. The van der Waals surface area contributed by atoms with Crippen LogP contribution in [0.25, 0.3) is 21.5 Å². The summed E-state index contributed by atoms with van der Waals surface area (Å²) in [4.78, 5) is 0. The molecule has 0 unspecified atom stereocenters. The molecule has 0 atom stereocenters. The van der Waals surface area contributed by atoms with Gasteiger partial charge in [0.15, 0.2) is 17.2 Å². The van der Waals surface area contributed by atoms with Gasteiger partial charge in [0.2, 0.25) is 0 Å². The minimum Gasteiger partial charge on any atom is -0.486 e. The van der Waals surface area contributed by atoms with Crippen LogP contribution in [0.5, 0.6) is 17.2 Å². The van der Waals surface area contributed by atoms with E-state index >= 15 is 0 Å². The molecule has 0 radical (unpaired) electrons. The molecule has 0 amide bonds. The molecular formula is C14H7BO3. The maximum Gasteiger partial charge on any atom is 0.864 e. The zero-order valence-electron chi connectivity index (χ0n) is 9.34. The minimum absolute atomic E-state index is 0.583. The van der Waals surface area contributed by atoms with Crippen molar-refractivity contribution in [3.8, 4) is 17.2 Å². The highest BCUT2D eigenvalue weighted by atomic mass is 16.8. The fourth-order valence-electron chi connectivity index (χ4n) is 2.70. The van der Waals surface area contributed by atoms with Crippen LogP contribution in [-0.4, -0.2) is 7.32 Å². The minimum atomic E-state index is -0.583. The van der Waals surface area contributed by atoms with Crippen molar-refractivity contribution < 1.29 is 14.0 Å². The Balaban J connectivity index is 1.99. The molecule has 2 bridgehead atoms. The number of hydrogen-bond donors (Lipinski definition) is 0. The lowest BCUT2D eigenvalue weighted by molar-refractivity contribution is 0.385. The molecule has 0 aromatic heterocycles. The van der Waals surface area contributed by atoms with Crippen molar-refractivity contribution in [2.24, 2.45) is 0 Å². The van der Waals surface area contributed by atoms with Crippen LogP contribution < -0.4 is 14.0 Å². The molecular weight excluding hydrogens is 227 g/mol. The third kappa shape index (κ3) is 0.922. The molecule has 84 valence electrons. The zero-order valence-corrected chi connectivity index (χ0v) is 9.34. The van der Waals surface area contributed by atoms with Gasteiger partial charge in [-0.3, -0.25) is 0 Å². The number of benzene rings is 3. The van der Waals surface area contributed by atoms with E-state index in [1.807, 2.05) is 18.2 Å². The van der Waals surface area contributed by atoms with Gasteiger partial charge in [0, 0.05) is 5.39 Å². The first-order chi connectivity index (χ1) is 8.88. The third-order valence-electron chi connectivity index (χ3n) is 3.53. The molecule has 0 spiro atoms.